The molecule has 1 aromatic carbocycles. The third-order valence-electron chi connectivity index (χ3n) is 1.99. The van der Waals surface area contributed by atoms with E-state index in [1.165, 1.54) is 10.5 Å². The monoisotopic (exact) mass is 219 g/mol. The lowest BCUT2D eigenvalue weighted by molar-refractivity contribution is 0.725. The van der Waals surface area contributed by atoms with E-state index < -0.39 is 0 Å². The minimum absolute atomic E-state index is 0.835. The van der Waals surface area contributed by atoms with Gasteiger partial charge >= 0.3 is 0 Å². The van der Waals surface area contributed by atoms with Crippen molar-refractivity contribution in [2.75, 3.05) is 12.3 Å². The van der Waals surface area contributed by atoms with E-state index in [1.54, 1.807) is 0 Å². The molecule has 0 radical (unpaired) electrons. The zero-order valence-corrected chi connectivity index (χ0v) is 9.94. The van der Waals surface area contributed by atoms with Crippen LogP contribution in [0.15, 0.2) is 29.2 Å². The summed E-state index contributed by atoms with van der Waals surface area (Å²) in [4.78, 5) is 1.31. The Morgan fingerprint density at radius 1 is 1.47 bits per heavy atom. The molecule has 0 atom stereocenters. The Kier molecular flexibility index (Phi) is 5.99. The van der Waals surface area contributed by atoms with Gasteiger partial charge < -0.3 is 5.32 Å². The number of hydrogen-bond donors (Lipinski definition) is 1. The highest BCUT2D eigenvalue weighted by Gasteiger charge is 1.95. The van der Waals surface area contributed by atoms with Crippen LogP contribution in [-0.4, -0.2) is 12.3 Å². The molecule has 0 heterocycles. The van der Waals surface area contributed by atoms with E-state index in [1.807, 2.05) is 11.8 Å². The van der Waals surface area contributed by atoms with Gasteiger partial charge in [0.1, 0.15) is 0 Å². The molecule has 15 heavy (non-hydrogen) atoms. The van der Waals surface area contributed by atoms with Gasteiger partial charge in [0.25, 0.3) is 0 Å². The van der Waals surface area contributed by atoms with Crippen LogP contribution in [0.5, 0.6) is 0 Å². The highest BCUT2D eigenvalue weighted by molar-refractivity contribution is 7.99. The Morgan fingerprint density at radius 3 is 3.07 bits per heavy atom. The smallest absolute Gasteiger partial charge is 0.0205 e. The fourth-order valence-corrected chi connectivity index (χ4v) is 2.11. The van der Waals surface area contributed by atoms with Gasteiger partial charge in [0, 0.05) is 23.6 Å². The Labute approximate surface area is 96.7 Å². The van der Waals surface area contributed by atoms with E-state index in [0.717, 1.165) is 25.3 Å². The largest absolute Gasteiger partial charge is 0.313 e. The number of benzene rings is 1. The van der Waals surface area contributed by atoms with Crippen LogP contribution in [0.4, 0.5) is 0 Å². The van der Waals surface area contributed by atoms with Crippen LogP contribution in [0.2, 0.25) is 0 Å². The molecular weight excluding hydrogens is 202 g/mol. The standard InChI is InChI=1S/C13H17NS/c1-3-5-9-15-13-8-6-7-12(10-13)11-14-4-2/h1,6-8,10,14H,4-5,9,11H2,2H3. The predicted molar refractivity (Wildman–Crippen MR) is 68.0 cm³/mol. The van der Waals surface area contributed by atoms with Crippen LogP contribution in [0, 0.1) is 12.3 Å². The second-order valence-electron chi connectivity index (χ2n) is 3.23. The van der Waals surface area contributed by atoms with Crippen molar-refractivity contribution in [3.05, 3.63) is 29.8 Å². The Hall–Kier alpha value is -0.910. The quantitative estimate of drug-likeness (QED) is 0.448. The van der Waals surface area contributed by atoms with Gasteiger partial charge in [-0.15, -0.1) is 24.1 Å². The lowest BCUT2D eigenvalue weighted by Crippen LogP contribution is -2.11. The van der Waals surface area contributed by atoms with Gasteiger partial charge in [-0.05, 0) is 24.2 Å². The van der Waals surface area contributed by atoms with Crippen molar-refractivity contribution >= 4 is 11.8 Å². The van der Waals surface area contributed by atoms with E-state index in [2.05, 4.69) is 42.4 Å². The van der Waals surface area contributed by atoms with Gasteiger partial charge in [-0.1, -0.05) is 19.1 Å². The summed E-state index contributed by atoms with van der Waals surface area (Å²) in [6.45, 7) is 4.07. The first kappa shape index (κ1) is 12.2. The molecule has 0 saturated heterocycles. The van der Waals surface area contributed by atoms with Crippen LogP contribution in [0.25, 0.3) is 0 Å². The molecule has 1 aromatic rings. The minimum Gasteiger partial charge on any atom is -0.313 e. The third kappa shape index (κ3) is 4.92. The van der Waals surface area contributed by atoms with Crippen LogP contribution >= 0.6 is 11.8 Å². The maximum absolute atomic E-state index is 5.21. The molecule has 0 fully saturated rings. The van der Waals surface area contributed by atoms with Crippen LogP contribution < -0.4 is 5.32 Å². The van der Waals surface area contributed by atoms with Gasteiger partial charge in [0.15, 0.2) is 0 Å². The number of rotatable bonds is 6. The summed E-state index contributed by atoms with van der Waals surface area (Å²) < 4.78 is 0. The Morgan fingerprint density at radius 2 is 2.33 bits per heavy atom. The van der Waals surface area contributed by atoms with Crippen molar-refractivity contribution in [3.63, 3.8) is 0 Å². The molecule has 0 bridgehead atoms. The molecule has 2 heteroatoms. The van der Waals surface area contributed by atoms with Crippen molar-refractivity contribution < 1.29 is 0 Å². The molecular formula is C13H17NS. The van der Waals surface area contributed by atoms with Crippen molar-refractivity contribution in [3.8, 4) is 12.3 Å². The van der Waals surface area contributed by atoms with Crippen molar-refractivity contribution in [2.45, 2.75) is 24.8 Å². The lowest BCUT2D eigenvalue weighted by atomic mass is 10.2. The second-order valence-corrected chi connectivity index (χ2v) is 4.40. The molecule has 0 aliphatic heterocycles. The van der Waals surface area contributed by atoms with Gasteiger partial charge in [0.05, 0.1) is 0 Å². The first-order valence-electron chi connectivity index (χ1n) is 5.22. The molecule has 80 valence electrons. The Balaban J connectivity index is 2.47. The number of terminal acetylenes is 1. The van der Waals surface area contributed by atoms with E-state index in [4.69, 9.17) is 6.42 Å². The lowest BCUT2D eigenvalue weighted by Gasteiger charge is -2.04. The molecule has 1 N–H and O–H groups in total. The average Bonchev–Trinajstić information content (AvgIpc) is 2.27. The van der Waals surface area contributed by atoms with Gasteiger partial charge in [-0.25, -0.2) is 0 Å². The minimum atomic E-state index is 0.835. The fraction of sp³-hybridized carbons (Fsp3) is 0.385. The van der Waals surface area contributed by atoms with Crippen molar-refractivity contribution in [1.29, 1.82) is 0 Å². The SMILES string of the molecule is C#CCCSc1cccc(CNCC)c1. The summed E-state index contributed by atoms with van der Waals surface area (Å²) in [5.41, 5.74) is 1.34. The fourth-order valence-electron chi connectivity index (χ4n) is 1.24. The van der Waals surface area contributed by atoms with E-state index in [-0.39, 0.29) is 0 Å². The zero-order chi connectivity index (χ0) is 10.9. The topological polar surface area (TPSA) is 12.0 Å². The van der Waals surface area contributed by atoms with Crippen molar-refractivity contribution in [2.24, 2.45) is 0 Å². The summed E-state index contributed by atoms with van der Waals surface area (Å²) in [5, 5.41) is 3.32. The molecule has 0 aliphatic carbocycles. The van der Waals surface area contributed by atoms with E-state index >= 15 is 0 Å². The first-order valence-corrected chi connectivity index (χ1v) is 6.21. The second kappa shape index (κ2) is 7.39. The molecule has 0 aromatic heterocycles. The molecule has 1 rings (SSSR count). The average molecular weight is 219 g/mol. The molecule has 0 unspecified atom stereocenters. The van der Waals surface area contributed by atoms with Crippen LogP contribution in [-0.2, 0) is 6.54 Å². The summed E-state index contributed by atoms with van der Waals surface area (Å²) in [7, 11) is 0. The van der Waals surface area contributed by atoms with E-state index in [9.17, 15) is 0 Å². The summed E-state index contributed by atoms with van der Waals surface area (Å²) in [5.74, 6) is 3.65. The van der Waals surface area contributed by atoms with Crippen LogP contribution in [0.1, 0.15) is 18.9 Å². The summed E-state index contributed by atoms with van der Waals surface area (Å²) in [6.07, 6.45) is 6.05. The number of hydrogen-bond acceptors (Lipinski definition) is 2. The first-order chi connectivity index (χ1) is 7.36. The van der Waals surface area contributed by atoms with Crippen molar-refractivity contribution in [1.82, 2.24) is 5.32 Å². The van der Waals surface area contributed by atoms with Gasteiger partial charge in [0.2, 0.25) is 0 Å². The van der Waals surface area contributed by atoms with Gasteiger partial charge in [-0.2, -0.15) is 0 Å². The maximum Gasteiger partial charge on any atom is 0.0205 e. The molecule has 0 saturated carbocycles. The normalized spacial score (nSPS) is 9.87. The Bertz CT molecular complexity index is 328. The van der Waals surface area contributed by atoms with Gasteiger partial charge in [-0.3, -0.25) is 0 Å². The predicted octanol–water partition coefficient (Wildman–Crippen LogP) is 2.91. The van der Waals surface area contributed by atoms with E-state index in [0.29, 0.717) is 0 Å². The number of nitrogens with one attached hydrogen (secondary N) is 1. The summed E-state index contributed by atoms with van der Waals surface area (Å²) in [6, 6.07) is 8.61. The summed E-state index contributed by atoms with van der Waals surface area (Å²) >= 11 is 1.82. The molecule has 0 aliphatic rings. The number of thioether (sulfide) groups is 1. The molecule has 0 spiro atoms. The zero-order valence-electron chi connectivity index (χ0n) is 9.12. The van der Waals surface area contributed by atoms with Crippen LogP contribution in [0.3, 0.4) is 0 Å². The highest BCUT2D eigenvalue weighted by Crippen LogP contribution is 2.19. The highest BCUT2D eigenvalue weighted by atomic mass is 32.2. The maximum atomic E-state index is 5.21. The molecule has 0 amide bonds. The molecule has 1 nitrogen and oxygen atoms in total. The third-order valence-corrected chi connectivity index (χ3v) is 2.99.